The highest BCUT2D eigenvalue weighted by Gasteiger charge is 2.56. The minimum atomic E-state index is 0. The molecule has 2 aliphatic heterocycles. The van der Waals surface area contributed by atoms with E-state index in [2.05, 4.69) is 0 Å². The topological polar surface area (TPSA) is 52.6 Å². The highest BCUT2D eigenvalue weighted by Crippen LogP contribution is 2.59. The second kappa shape index (κ2) is 13.5. The van der Waals surface area contributed by atoms with Crippen LogP contribution in [-0.4, -0.2) is 25.2 Å². The molecule has 4 aliphatic carbocycles. The van der Waals surface area contributed by atoms with Crippen LogP contribution in [0, 0.1) is 40.9 Å². The molecule has 4 saturated carbocycles. The fourth-order valence-corrected chi connectivity index (χ4v) is 6.86. The second-order valence-electron chi connectivity index (χ2n) is 8.93. The quantitative estimate of drug-likeness (QED) is 0.363. The van der Waals surface area contributed by atoms with Gasteiger partial charge in [0.05, 0.1) is 25.6 Å². The van der Waals surface area contributed by atoms with E-state index in [1.807, 2.05) is 27.7 Å². The predicted molar refractivity (Wildman–Crippen MR) is 132 cm³/mol. The largest absolute Gasteiger partial charge is 0.465 e. The molecule has 4 heteroatoms. The van der Waals surface area contributed by atoms with Crippen molar-refractivity contribution in [2.75, 3.05) is 13.2 Å². The van der Waals surface area contributed by atoms with Crippen LogP contribution in [0.5, 0.6) is 0 Å². The monoisotopic (exact) mass is 442 g/mol. The van der Waals surface area contributed by atoms with Crippen LogP contribution in [0.3, 0.4) is 0 Å². The molecule has 1 spiro atoms. The lowest BCUT2D eigenvalue weighted by molar-refractivity contribution is -0.142. The van der Waals surface area contributed by atoms with Crippen LogP contribution in [0.2, 0.25) is 0 Å². The summed E-state index contributed by atoms with van der Waals surface area (Å²) in [5, 5.41) is 0. The average molecular weight is 443 g/mol. The lowest BCUT2D eigenvalue weighted by Crippen LogP contribution is -2.27. The van der Waals surface area contributed by atoms with Gasteiger partial charge in [-0.15, -0.1) is 0 Å². The summed E-state index contributed by atoms with van der Waals surface area (Å²) in [7, 11) is 0. The Morgan fingerprint density at radius 3 is 1.94 bits per heavy atom. The maximum absolute atomic E-state index is 11.2. The summed E-state index contributed by atoms with van der Waals surface area (Å²) in [6.45, 7) is 9.46. The van der Waals surface area contributed by atoms with Crippen LogP contribution in [-0.2, 0) is 19.1 Å². The molecule has 0 amide bonds. The molecule has 186 valence electrons. The minimum absolute atomic E-state index is 0. The lowest BCUT2D eigenvalue weighted by Gasteiger charge is -2.30. The van der Waals surface area contributed by atoms with Gasteiger partial charge in [0.25, 0.3) is 0 Å². The molecule has 4 bridgehead atoms. The van der Waals surface area contributed by atoms with Crippen molar-refractivity contribution >= 4 is 11.9 Å². The third-order valence-electron chi connectivity index (χ3n) is 7.90. The number of esters is 2. The molecule has 0 aromatic carbocycles. The van der Waals surface area contributed by atoms with Crippen LogP contribution in [0.15, 0.2) is 0 Å². The van der Waals surface area contributed by atoms with Gasteiger partial charge < -0.3 is 9.47 Å². The van der Waals surface area contributed by atoms with Crippen LogP contribution in [0.4, 0.5) is 0 Å². The van der Waals surface area contributed by atoms with Gasteiger partial charge in [0.15, 0.2) is 0 Å². The van der Waals surface area contributed by atoms with Gasteiger partial charge in [0.1, 0.15) is 0 Å². The van der Waals surface area contributed by atoms with Gasteiger partial charge >= 0.3 is 11.9 Å². The Morgan fingerprint density at radius 1 is 0.806 bits per heavy atom. The number of carbonyl (C=O) groups excluding carboxylic acids is 2. The number of hydrogen-bond acceptors (Lipinski definition) is 4. The summed E-state index contributed by atoms with van der Waals surface area (Å²) in [5.41, 5.74) is 0.306. The zero-order valence-corrected chi connectivity index (χ0v) is 17.7. The molecule has 6 aliphatic rings. The number of carbonyl (C=O) groups is 2. The van der Waals surface area contributed by atoms with Gasteiger partial charge in [0.2, 0.25) is 0 Å². The standard InChI is InChI=1S/C10H14O2.C9H12O2.2C2H6.4CH4/c11-9-5-10(6-12-9)4-7-1-2-8(10)3-7;10-9-8-6-2-1-5(3-6)7(8)4-11-9;2*1-2;;;;/h7-8H,1-6H2;5-8H,1-4H2;2*1-2H3;4*1H4. The molecule has 0 radical (unpaired) electrons. The van der Waals surface area contributed by atoms with Crippen molar-refractivity contribution in [3.05, 3.63) is 0 Å². The number of fused-ring (bicyclic) bond motifs is 8. The maximum atomic E-state index is 11.2. The van der Waals surface area contributed by atoms with Gasteiger partial charge in [-0.05, 0) is 62.2 Å². The normalized spacial score (nSPS) is 38.7. The number of rotatable bonds is 0. The Morgan fingerprint density at radius 2 is 1.45 bits per heavy atom. The summed E-state index contributed by atoms with van der Waals surface area (Å²) in [4.78, 5) is 22.3. The zero-order chi connectivity index (χ0) is 19.6. The van der Waals surface area contributed by atoms with Gasteiger partial charge in [0, 0.05) is 11.3 Å². The van der Waals surface area contributed by atoms with Crippen molar-refractivity contribution in [2.45, 2.75) is 109 Å². The third-order valence-corrected chi connectivity index (χ3v) is 7.90. The molecular formula is C27H54O4. The third kappa shape index (κ3) is 5.85. The Bertz CT molecular complexity index is 545. The maximum Gasteiger partial charge on any atom is 0.309 e. The lowest BCUT2D eigenvalue weighted by atomic mass is 9.73. The highest BCUT2D eigenvalue weighted by molar-refractivity contribution is 5.76. The van der Waals surface area contributed by atoms with Crippen molar-refractivity contribution in [1.82, 2.24) is 0 Å². The Labute approximate surface area is 194 Å². The molecule has 7 atom stereocenters. The molecule has 0 aromatic heterocycles. The Kier molecular flexibility index (Phi) is 14.0. The van der Waals surface area contributed by atoms with Crippen molar-refractivity contribution < 1.29 is 19.1 Å². The molecule has 2 heterocycles. The van der Waals surface area contributed by atoms with Gasteiger partial charge in [-0.3, -0.25) is 9.59 Å². The van der Waals surface area contributed by atoms with Crippen molar-refractivity contribution in [1.29, 1.82) is 0 Å². The number of cyclic esters (lactones) is 2. The highest BCUT2D eigenvalue weighted by atomic mass is 16.5. The number of ether oxygens (including phenoxy) is 2. The molecule has 6 rings (SSSR count). The van der Waals surface area contributed by atoms with E-state index in [9.17, 15) is 9.59 Å². The smallest absolute Gasteiger partial charge is 0.309 e. The van der Waals surface area contributed by atoms with Gasteiger partial charge in [-0.2, -0.15) is 0 Å². The first-order valence-electron chi connectivity index (χ1n) is 11.5. The van der Waals surface area contributed by atoms with E-state index >= 15 is 0 Å². The fourth-order valence-electron chi connectivity index (χ4n) is 6.86. The molecule has 0 N–H and O–H groups in total. The summed E-state index contributed by atoms with van der Waals surface area (Å²) in [6.07, 6.45) is 10.0. The van der Waals surface area contributed by atoms with Crippen molar-refractivity contribution in [3.8, 4) is 0 Å². The van der Waals surface area contributed by atoms with Crippen LogP contribution in [0.1, 0.15) is 109 Å². The molecule has 0 aromatic rings. The van der Waals surface area contributed by atoms with Crippen molar-refractivity contribution in [2.24, 2.45) is 40.9 Å². The summed E-state index contributed by atoms with van der Waals surface area (Å²) in [5.74, 6) is 4.33. The van der Waals surface area contributed by atoms with Gasteiger partial charge in [-0.25, -0.2) is 0 Å². The molecule has 7 unspecified atom stereocenters. The molecule has 31 heavy (non-hydrogen) atoms. The minimum Gasteiger partial charge on any atom is -0.465 e. The van der Waals surface area contributed by atoms with Gasteiger partial charge in [-0.1, -0.05) is 63.8 Å². The van der Waals surface area contributed by atoms with E-state index in [0.717, 1.165) is 31.0 Å². The molecule has 4 nitrogen and oxygen atoms in total. The van der Waals surface area contributed by atoms with Crippen LogP contribution in [0.25, 0.3) is 0 Å². The Balaban J connectivity index is 0. The number of hydrogen-bond donors (Lipinski definition) is 0. The van der Waals surface area contributed by atoms with Crippen LogP contribution >= 0.6 is 0 Å². The van der Waals surface area contributed by atoms with Crippen LogP contribution < -0.4 is 0 Å². The predicted octanol–water partition coefficient (Wildman–Crippen LogP) is 7.54. The van der Waals surface area contributed by atoms with Crippen molar-refractivity contribution in [3.63, 3.8) is 0 Å². The zero-order valence-electron chi connectivity index (χ0n) is 17.7. The first kappa shape index (κ1) is 32.1. The first-order valence-corrected chi connectivity index (χ1v) is 11.5. The van der Waals surface area contributed by atoms with E-state index < -0.39 is 0 Å². The molecular weight excluding hydrogens is 388 g/mol. The first-order chi connectivity index (χ1) is 13.1. The molecule has 6 fully saturated rings. The Hall–Kier alpha value is -1.06. The fraction of sp³-hybridized carbons (Fsp3) is 0.926. The van der Waals surface area contributed by atoms with E-state index in [4.69, 9.17) is 9.47 Å². The summed E-state index contributed by atoms with van der Waals surface area (Å²) >= 11 is 0. The van der Waals surface area contributed by atoms with E-state index in [0.29, 0.717) is 29.6 Å². The molecule has 2 saturated heterocycles. The van der Waals surface area contributed by atoms with E-state index in [1.165, 1.54) is 44.9 Å². The SMILES string of the molecule is C.C.C.C.CC.CC.O=C1CC2(CO1)CC1CCC2C1.O=C1OCC2C3CCC(C3)C12. The average Bonchev–Trinajstić information content (AvgIpc) is 3.50. The second-order valence-corrected chi connectivity index (χ2v) is 8.93. The van der Waals surface area contributed by atoms with E-state index in [1.54, 1.807) is 0 Å². The van der Waals surface area contributed by atoms with E-state index in [-0.39, 0.29) is 41.6 Å². The summed E-state index contributed by atoms with van der Waals surface area (Å²) in [6, 6.07) is 0. The summed E-state index contributed by atoms with van der Waals surface area (Å²) < 4.78 is 10.2.